The molecule has 0 saturated carbocycles. The van der Waals surface area contributed by atoms with Crippen molar-refractivity contribution in [2.45, 2.75) is 44.6 Å². The molecule has 0 spiro atoms. The zero-order valence-electron chi connectivity index (χ0n) is 19.7. The zero-order chi connectivity index (χ0) is 27.4. The van der Waals surface area contributed by atoms with E-state index in [0.717, 1.165) is 14.8 Å². The number of nitrogens with zero attached hydrogens (tertiary/aromatic N) is 7. The van der Waals surface area contributed by atoms with E-state index in [0.29, 0.717) is 29.1 Å². The number of alkyl halides is 3. The molecule has 1 amide bonds. The van der Waals surface area contributed by atoms with Gasteiger partial charge in [-0.25, -0.2) is 19.1 Å². The first-order valence-electron chi connectivity index (χ1n) is 11.3. The fourth-order valence-electron chi connectivity index (χ4n) is 3.70. The average Bonchev–Trinajstić information content (AvgIpc) is 3.44. The topological polar surface area (TPSA) is 147 Å². The number of aliphatic hydroxyl groups excluding tert-OH is 1. The van der Waals surface area contributed by atoms with Gasteiger partial charge in [-0.2, -0.15) is 13.2 Å². The normalized spacial score (nSPS) is 12.6. The second-order valence-electron chi connectivity index (χ2n) is 8.37. The van der Waals surface area contributed by atoms with Crippen molar-refractivity contribution in [2.75, 3.05) is 0 Å². The highest BCUT2D eigenvalue weighted by Gasteiger charge is 2.39. The lowest BCUT2D eigenvalue weighted by molar-refractivity contribution is -0.207. The summed E-state index contributed by atoms with van der Waals surface area (Å²) in [6.07, 6.45) is -1.87. The molecular weight excluding hydrogens is 529 g/mol. The molecule has 1 aromatic carbocycles. The Labute approximate surface area is 218 Å². The van der Waals surface area contributed by atoms with E-state index in [1.165, 1.54) is 35.3 Å². The molecule has 0 aliphatic heterocycles. The van der Waals surface area contributed by atoms with Gasteiger partial charge in [0.15, 0.2) is 17.8 Å². The summed E-state index contributed by atoms with van der Waals surface area (Å²) in [6.45, 7) is -1.30. The highest BCUT2D eigenvalue weighted by atomic mass is 35.5. The minimum atomic E-state index is -4.93. The number of amides is 1. The minimum Gasteiger partial charge on any atom is -0.382 e. The number of nitrogens with two attached hydrogens (primary N) is 1. The number of benzene rings is 1. The third kappa shape index (κ3) is 6.26. The van der Waals surface area contributed by atoms with Gasteiger partial charge in [-0.15, -0.1) is 10.2 Å². The lowest BCUT2D eigenvalue weighted by Crippen LogP contribution is -2.37. The molecule has 0 unspecified atom stereocenters. The van der Waals surface area contributed by atoms with Gasteiger partial charge in [-0.05, 0) is 48.7 Å². The summed E-state index contributed by atoms with van der Waals surface area (Å²) in [7, 11) is 0. The zero-order valence-corrected chi connectivity index (χ0v) is 20.5. The van der Waals surface area contributed by atoms with E-state index in [9.17, 15) is 27.9 Å². The van der Waals surface area contributed by atoms with E-state index in [4.69, 9.17) is 17.3 Å². The van der Waals surface area contributed by atoms with Gasteiger partial charge in [-0.1, -0.05) is 11.6 Å². The molecule has 3 heterocycles. The maximum absolute atomic E-state index is 13.1. The van der Waals surface area contributed by atoms with Crippen molar-refractivity contribution in [1.82, 2.24) is 34.1 Å². The molecule has 3 N–H and O–H groups in total. The van der Waals surface area contributed by atoms with E-state index in [-0.39, 0.29) is 24.6 Å². The number of aryl methyl sites for hydroxylation is 1. The SMILES string of the molecule is NC(=O)CCCc1ccncc1-n1cnc(Cn2nc(-c3ccc(Cl)cc3)n(C[C@H](O)C(F)(F)F)c2=O)n1. The van der Waals surface area contributed by atoms with Crippen molar-refractivity contribution in [2.24, 2.45) is 5.73 Å². The molecule has 11 nitrogen and oxygen atoms in total. The number of halogens is 4. The summed E-state index contributed by atoms with van der Waals surface area (Å²) in [6, 6.07) is 7.78. The molecule has 200 valence electrons. The van der Waals surface area contributed by atoms with Gasteiger partial charge in [0.1, 0.15) is 12.9 Å². The van der Waals surface area contributed by atoms with Gasteiger partial charge in [-0.3, -0.25) is 14.3 Å². The van der Waals surface area contributed by atoms with Gasteiger partial charge in [0.05, 0.1) is 18.4 Å². The van der Waals surface area contributed by atoms with E-state index >= 15 is 0 Å². The quantitative estimate of drug-likeness (QED) is 0.307. The summed E-state index contributed by atoms with van der Waals surface area (Å²) in [5.74, 6) is -0.338. The number of primary amides is 1. The average molecular weight is 551 g/mol. The van der Waals surface area contributed by atoms with Crippen LogP contribution in [0.4, 0.5) is 13.2 Å². The number of carbonyl (C=O) groups excluding carboxylic acids is 1. The monoisotopic (exact) mass is 550 g/mol. The van der Waals surface area contributed by atoms with Crippen molar-refractivity contribution in [3.8, 4) is 17.1 Å². The Kier molecular flexibility index (Phi) is 7.92. The largest absolute Gasteiger partial charge is 0.416 e. The number of aliphatic hydroxyl groups is 1. The van der Waals surface area contributed by atoms with Crippen LogP contribution in [0.3, 0.4) is 0 Å². The molecule has 0 saturated heterocycles. The van der Waals surface area contributed by atoms with Crippen LogP contribution in [-0.4, -0.2) is 57.4 Å². The van der Waals surface area contributed by atoms with Crippen molar-refractivity contribution >= 4 is 17.5 Å². The molecule has 0 aliphatic carbocycles. The first-order chi connectivity index (χ1) is 18.0. The summed E-state index contributed by atoms with van der Waals surface area (Å²) >= 11 is 5.91. The van der Waals surface area contributed by atoms with Crippen LogP contribution in [0.2, 0.25) is 5.02 Å². The predicted octanol–water partition coefficient (Wildman–Crippen LogP) is 2.12. The molecule has 1 atom stereocenters. The van der Waals surface area contributed by atoms with E-state index < -0.39 is 30.4 Å². The van der Waals surface area contributed by atoms with Crippen LogP contribution >= 0.6 is 11.6 Å². The Bertz CT molecular complexity index is 1480. The summed E-state index contributed by atoms with van der Waals surface area (Å²) in [5.41, 5.74) is 6.09. The fraction of sp³-hybridized carbons (Fsp3) is 0.304. The molecule has 38 heavy (non-hydrogen) atoms. The number of hydrogen-bond donors (Lipinski definition) is 2. The molecule has 4 aromatic rings. The second-order valence-corrected chi connectivity index (χ2v) is 8.80. The molecule has 0 bridgehead atoms. The smallest absolute Gasteiger partial charge is 0.382 e. The third-order valence-electron chi connectivity index (χ3n) is 5.59. The third-order valence-corrected chi connectivity index (χ3v) is 5.84. The molecule has 0 fully saturated rings. The Morgan fingerprint density at radius 1 is 1.16 bits per heavy atom. The number of hydrogen-bond acceptors (Lipinski definition) is 7. The Hall–Kier alpha value is -4.04. The van der Waals surface area contributed by atoms with Crippen molar-refractivity contribution in [3.05, 3.63) is 75.9 Å². The van der Waals surface area contributed by atoms with Gasteiger partial charge in [0.2, 0.25) is 5.91 Å². The Morgan fingerprint density at radius 3 is 2.58 bits per heavy atom. The first-order valence-corrected chi connectivity index (χ1v) is 11.7. The standard InChI is InChI=1S/C23H22ClF3N8O3/c24-16-6-4-15(5-7-16)21-32-34(22(38)33(21)11-18(36)23(25,26)27)12-20-30-13-35(31-20)17-10-29-9-8-14(17)2-1-3-19(28)37/h4-10,13,18,36H,1-3,11-12H2,(H2,28,37)/t18-/m0/s1. The van der Waals surface area contributed by atoms with E-state index in [2.05, 4.69) is 20.2 Å². The van der Waals surface area contributed by atoms with Crippen LogP contribution in [0.1, 0.15) is 24.2 Å². The summed E-state index contributed by atoms with van der Waals surface area (Å²) < 4.78 is 42.3. The van der Waals surface area contributed by atoms with Crippen LogP contribution in [-0.2, 0) is 24.3 Å². The van der Waals surface area contributed by atoms with E-state index in [1.54, 1.807) is 18.5 Å². The van der Waals surface area contributed by atoms with Crippen molar-refractivity contribution in [3.63, 3.8) is 0 Å². The Balaban J connectivity index is 1.64. The molecular formula is C23H22ClF3N8O3. The molecule has 0 radical (unpaired) electrons. The van der Waals surface area contributed by atoms with Crippen molar-refractivity contribution < 1.29 is 23.1 Å². The van der Waals surface area contributed by atoms with Crippen LogP contribution in [0, 0.1) is 0 Å². The first kappa shape index (κ1) is 27.0. The van der Waals surface area contributed by atoms with Gasteiger partial charge in [0, 0.05) is 23.2 Å². The number of carbonyl (C=O) groups is 1. The van der Waals surface area contributed by atoms with Gasteiger partial charge >= 0.3 is 11.9 Å². The molecule has 4 rings (SSSR count). The lowest BCUT2D eigenvalue weighted by Gasteiger charge is -2.15. The summed E-state index contributed by atoms with van der Waals surface area (Å²) in [5, 5.41) is 18.6. The highest BCUT2D eigenvalue weighted by molar-refractivity contribution is 6.30. The number of aromatic nitrogens is 7. The molecule has 0 aliphatic rings. The molecule has 15 heteroatoms. The highest BCUT2D eigenvalue weighted by Crippen LogP contribution is 2.24. The Morgan fingerprint density at radius 2 is 1.89 bits per heavy atom. The van der Waals surface area contributed by atoms with Crippen LogP contribution in [0.25, 0.3) is 17.1 Å². The van der Waals surface area contributed by atoms with E-state index in [1.807, 2.05) is 0 Å². The predicted molar refractivity (Wildman–Crippen MR) is 129 cm³/mol. The van der Waals surface area contributed by atoms with Gasteiger partial charge < -0.3 is 10.8 Å². The molecule has 3 aromatic heterocycles. The minimum absolute atomic E-state index is 0.0848. The van der Waals surface area contributed by atoms with Crippen molar-refractivity contribution in [1.29, 1.82) is 0 Å². The number of rotatable bonds is 10. The lowest BCUT2D eigenvalue weighted by atomic mass is 10.1. The van der Waals surface area contributed by atoms with Gasteiger partial charge in [0.25, 0.3) is 0 Å². The van der Waals surface area contributed by atoms with Crippen LogP contribution in [0.5, 0.6) is 0 Å². The second kappa shape index (κ2) is 11.1. The van der Waals surface area contributed by atoms with Crippen LogP contribution < -0.4 is 11.4 Å². The maximum Gasteiger partial charge on any atom is 0.416 e. The fourth-order valence-corrected chi connectivity index (χ4v) is 3.83. The maximum atomic E-state index is 13.1. The van der Waals surface area contributed by atoms with Crippen LogP contribution in [0.15, 0.2) is 53.8 Å². The number of pyridine rings is 1. The summed E-state index contributed by atoms with van der Waals surface area (Å²) in [4.78, 5) is 32.4.